The molecule has 1 fully saturated rings. The van der Waals surface area contributed by atoms with Crippen molar-refractivity contribution in [3.63, 3.8) is 0 Å². The van der Waals surface area contributed by atoms with Crippen LogP contribution >= 0.6 is 11.3 Å². The number of fused-ring (bicyclic) bond motifs is 2. The molecule has 25 heavy (non-hydrogen) atoms. The van der Waals surface area contributed by atoms with E-state index in [4.69, 9.17) is 4.98 Å². The summed E-state index contributed by atoms with van der Waals surface area (Å²) >= 11 is 1.79. The largest absolute Gasteiger partial charge is 0.317 e. The Kier molecular flexibility index (Phi) is 3.57. The molecule has 0 bridgehead atoms. The van der Waals surface area contributed by atoms with Gasteiger partial charge in [0.05, 0.1) is 15.7 Å². The highest BCUT2D eigenvalue weighted by Gasteiger charge is 2.16. The van der Waals surface area contributed by atoms with Crippen molar-refractivity contribution >= 4 is 32.5 Å². The smallest absolute Gasteiger partial charge is 0.124 e. The molecule has 5 rings (SSSR count). The Bertz CT molecular complexity index is 1060. The molecule has 1 aliphatic heterocycles. The second kappa shape index (κ2) is 5.93. The molecule has 1 saturated heterocycles. The van der Waals surface area contributed by atoms with Crippen LogP contribution in [0.15, 0.2) is 42.6 Å². The van der Waals surface area contributed by atoms with Gasteiger partial charge in [0.25, 0.3) is 0 Å². The van der Waals surface area contributed by atoms with Crippen molar-refractivity contribution < 1.29 is 0 Å². The third-order valence-electron chi connectivity index (χ3n) is 5.09. The van der Waals surface area contributed by atoms with Gasteiger partial charge in [-0.25, -0.2) is 4.98 Å². The van der Waals surface area contributed by atoms with Gasteiger partial charge in [-0.1, -0.05) is 6.07 Å². The van der Waals surface area contributed by atoms with Gasteiger partial charge in [-0.3, -0.25) is 4.68 Å². The number of aryl methyl sites for hydroxylation is 1. The van der Waals surface area contributed by atoms with E-state index in [2.05, 4.69) is 53.0 Å². The third kappa shape index (κ3) is 2.73. The minimum atomic E-state index is 0.683. The molecule has 0 radical (unpaired) electrons. The number of piperidine rings is 1. The van der Waals surface area contributed by atoms with Crippen LogP contribution in [0.3, 0.4) is 0 Å². The van der Waals surface area contributed by atoms with Crippen LogP contribution in [0.5, 0.6) is 0 Å². The van der Waals surface area contributed by atoms with Crippen molar-refractivity contribution in [2.24, 2.45) is 7.05 Å². The molecular weight excluding hydrogens is 328 g/mol. The van der Waals surface area contributed by atoms with Gasteiger partial charge >= 0.3 is 0 Å². The fourth-order valence-corrected chi connectivity index (χ4v) is 4.77. The zero-order valence-electron chi connectivity index (χ0n) is 14.2. The second-order valence-electron chi connectivity index (χ2n) is 6.85. The average molecular weight is 348 g/mol. The summed E-state index contributed by atoms with van der Waals surface area (Å²) in [6.45, 7) is 2.25. The van der Waals surface area contributed by atoms with Crippen molar-refractivity contribution in [1.29, 1.82) is 0 Å². The number of thiazole rings is 1. The zero-order valence-corrected chi connectivity index (χ0v) is 15.0. The van der Waals surface area contributed by atoms with E-state index in [1.165, 1.54) is 28.7 Å². The first-order valence-corrected chi connectivity index (χ1v) is 9.63. The number of hydrogen-bond donors (Lipinski definition) is 1. The molecule has 126 valence electrons. The summed E-state index contributed by atoms with van der Waals surface area (Å²) in [7, 11) is 1.96. The summed E-state index contributed by atoms with van der Waals surface area (Å²) in [6.07, 6.45) is 4.52. The predicted molar refractivity (Wildman–Crippen MR) is 104 cm³/mol. The van der Waals surface area contributed by atoms with E-state index in [9.17, 15) is 0 Å². The zero-order chi connectivity index (χ0) is 16.8. The van der Waals surface area contributed by atoms with Crippen LogP contribution in [0.25, 0.3) is 31.7 Å². The van der Waals surface area contributed by atoms with Gasteiger partial charge in [-0.05, 0) is 67.7 Å². The molecule has 5 heteroatoms. The number of rotatable bonds is 2. The first-order valence-electron chi connectivity index (χ1n) is 8.81. The predicted octanol–water partition coefficient (Wildman–Crippen LogP) is 4.32. The topological polar surface area (TPSA) is 42.7 Å². The molecule has 2 aromatic carbocycles. The summed E-state index contributed by atoms with van der Waals surface area (Å²) in [4.78, 5) is 4.86. The maximum absolute atomic E-state index is 4.86. The molecule has 0 saturated carbocycles. The average Bonchev–Trinajstić information content (AvgIpc) is 3.23. The Morgan fingerprint density at radius 1 is 1.08 bits per heavy atom. The molecule has 4 nitrogen and oxygen atoms in total. The number of aromatic nitrogens is 3. The molecule has 1 N–H and O–H groups in total. The first kappa shape index (κ1) is 15.0. The minimum absolute atomic E-state index is 0.683. The minimum Gasteiger partial charge on any atom is -0.317 e. The molecule has 3 heterocycles. The molecule has 0 amide bonds. The lowest BCUT2D eigenvalue weighted by molar-refractivity contribution is 0.461. The van der Waals surface area contributed by atoms with Crippen molar-refractivity contribution in [3.8, 4) is 10.6 Å². The van der Waals surface area contributed by atoms with Gasteiger partial charge < -0.3 is 5.32 Å². The molecule has 0 unspecified atom stereocenters. The van der Waals surface area contributed by atoms with E-state index in [1.54, 1.807) is 11.3 Å². The van der Waals surface area contributed by atoms with Crippen LogP contribution in [0.2, 0.25) is 0 Å². The molecule has 4 aromatic rings. The number of nitrogens with one attached hydrogen (secondary N) is 1. The number of benzene rings is 2. The van der Waals surface area contributed by atoms with Crippen LogP contribution < -0.4 is 5.32 Å². The van der Waals surface area contributed by atoms with E-state index < -0.39 is 0 Å². The highest BCUT2D eigenvalue weighted by Crippen LogP contribution is 2.34. The molecule has 0 atom stereocenters. The van der Waals surface area contributed by atoms with Gasteiger partial charge in [0.2, 0.25) is 0 Å². The fraction of sp³-hybridized carbons (Fsp3) is 0.300. The van der Waals surface area contributed by atoms with Crippen LogP contribution in [-0.2, 0) is 7.05 Å². The number of nitrogens with zero attached hydrogens (tertiary/aromatic N) is 3. The Labute approximate surface area is 150 Å². The van der Waals surface area contributed by atoms with Crippen molar-refractivity contribution in [3.05, 3.63) is 48.2 Å². The highest BCUT2D eigenvalue weighted by molar-refractivity contribution is 7.21. The van der Waals surface area contributed by atoms with Gasteiger partial charge in [0.15, 0.2) is 0 Å². The fourth-order valence-electron chi connectivity index (χ4n) is 3.76. The molecule has 0 aliphatic carbocycles. The molecule has 2 aromatic heterocycles. The van der Waals surface area contributed by atoms with Crippen LogP contribution in [0, 0.1) is 0 Å². The van der Waals surface area contributed by atoms with Crippen molar-refractivity contribution in [2.75, 3.05) is 13.1 Å². The van der Waals surface area contributed by atoms with Gasteiger partial charge in [0, 0.05) is 24.2 Å². The molecule has 1 aliphatic rings. The van der Waals surface area contributed by atoms with E-state index >= 15 is 0 Å². The summed E-state index contributed by atoms with van der Waals surface area (Å²) in [5, 5.41) is 10.1. The monoisotopic (exact) mass is 348 g/mol. The second-order valence-corrected chi connectivity index (χ2v) is 7.88. The third-order valence-corrected chi connectivity index (χ3v) is 6.16. The molecular formula is C20H20N4S. The van der Waals surface area contributed by atoms with Crippen LogP contribution in [-0.4, -0.2) is 27.9 Å². The lowest BCUT2D eigenvalue weighted by Gasteiger charge is -2.22. The maximum Gasteiger partial charge on any atom is 0.124 e. The van der Waals surface area contributed by atoms with Gasteiger partial charge in [-0.2, -0.15) is 5.10 Å². The SMILES string of the molecule is Cn1cc2cc(-c3nc4ccc(C5CCNCC5)cc4s3)ccc2n1. The number of hydrogen-bond acceptors (Lipinski definition) is 4. The van der Waals surface area contributed by atoms with E-state index in [1.807, 2.05) is 11.7 Å². The van der Waals surface area contributed by atoms with Gasteiger partial charge in [-0.15, -0.1) is 11.3 Å². The first-order chi connectivity index (χ1) is 12.3. The van der Waals surface area contributed by atoms with Crippen molar-refractivity contribution in [1.82, 2.24) is 20.1 Å². The lowest BCUT2D eigenvalue weighted by Crippen LogP contribution is -2.26. The Morgan fingerprint density at radius 3 is 2.80 bits per heavy atom. The van der Waals surface area contributed by atoms with Gasteiger partial charge in [0.1, 0.15) is 5.01 Å². The normalized spacial score (nSPS) is 16.0. The molecule has 0 spiro atoms. The lowest BCUT2D eigenvalue weighted by atomic mass is 9.90. The van der Waals surface area contributed by atoms with Crippen LogP contribution in [0.1, 0.15) is 24.3 Å². The quantitative estimate of drug-likeness (QED) is 0.587. The highest BCUT2D eigenvalue weighted by atomic mass is 32.1. The Morgan fingerprint density at radius 2 is 1.92 bits per heavy atom. The van der Waals surface area contributed by atoms with E-state index in [0.717, 1.165) is 34.5 Å². The Balaban J connectivity index is 1.54. The van der Waals surface area contributed by atoms with Crippen molar-refractivity contribution in [2.45, 2.75) is 18.8 Å². The summed E-state index contributed by atoms with van der Waals surface area (Å²) < 4.78 is 3.15. The van der Waals surface area contributed by atoms with E-state index in [0.29, 0.717) is 5.92 Å². The summed E-state index contributed by atoms with van der Waals surface area (Å²) in [6, 6.07) is 13.2. The summed E-state index contributed by atoms with van der Waals surface area (Å²) in [5.41, 5.74) is 4.77. The standard InChI is InChI=1S/C20H20N4S/c1-24-12-16-10-15(3-4-17(16)23-24)20-22-18-5-2-14(11-19(18)25-20)13-6-8-21-9-7-13/h2-5,10-13,21H,6-9H2,1H3. The van der Waals surface area contributed by atoms with E-state index in [-0.39, 0.29) is 0 Å². The maximum atomic E-state index is 4.86. The summed E-state index contributed by atoms with van der Waals surface area (Å²) in [5.74, 6) is 0.683. The van der Waals surface area contributed by atoms with Crippen LogP contribution in [0.4, 0.5) is 0 Å². The Hall–Kier alpha value is -2.24.